The number of aryl methyl sites for hydroxylation is 1. The van der Waals surface area contributed by atoms with Gasteiger partial charge in [0, 0.05) is 6.07 Å². The first-order chi connectivity index (χ1) is 10.6. The Balaban J connectivity index is 2.13. The Morgan fingerprint density at radius 1 is 1.18 bits per heavy atom. The number of hydrogen-bond donors (Lipinski definition) is 0. The molecule has 0 N–H and O–H groups in total. The number of nitro benzene ring substituents is 1. The van der Waals surface area contributed by atoms with E-state index >= 15 is 0 Å². The Kier molecular flexibility index (Phi) is 3.60. The third kappa shape index (κ3) is 2.44. The monoisotopic (exact) mass is 314 g/mol. The van der Waals surface area contributed by atoms with Gasteiger partial charge in [-0.15, -0.1) is 5.10 Å². The van der Waals surface area contributed by atoms with Crippen molar-refractivity contribution in [2.24, 2.45) is 0 Å². The van der Waals surface area contributed by atoms with Gasteiger partial charge in [0.05, 0.1) is 27.4 Å². The zero-order valence-electron chi connectivity index (χ0n) is 11.6. The largest absolute Gasteiger partial charge is 0.279 e. The first-order valence-electron chi connectivity index (χ1n) is 6.49. The second-order valence-electron chi connectivity index (χ2n) is 4.73. The fourth-order valence-corrected chi connectivity index (χ4v) is 2.49. The van der Waals surface area contributed by atoms with Gasteiger partial charge in [-0.3, -0.25) is 10.1 Å². The van der Waals surface area contributed by atoms with E-state index in [2.05, 4.69) is 10.3 Å². The molecule has 0 saturated heterocycles. The maximum Gasteiger partial charge on any atom is 0.279 e. The highest BCUT2D eigenvalue weighted by Gasteiger charge is 2.20. The Morgan fingerprint density at radius 2 is 1.95 bits per heavy atom. The van der Waals surface area contributed by atoms with E-state index in [0.29, 0.717) is 22.0 Å². The molecule has 6 nitrogen and oxygen atoms in total. The van der Waals surface area contributed by atoms with Gasteiger partial charge in [-0.2, -0.15) is 0 Å². The Morgan fingerprint density at radius 3 is 2.68 bits per heavy atom. The molecule has 0 fully saturated rings. The van der Waals surface area contributed by atoms with Crippen molar-refractivity contribution in [1.29, 1.82) is 0 Å². The van der Waals surface area contributed by atoms with Gasteiger partial charge in [-0.05, 0) is 24.6 Å². The van der Waals surface area contributed by atoms with E-state index in [1.807, 2.05) is 12.1 Å². The molecule has 3 aromatic rings. The number of hydrogen-bond acceptors (Lipinski definition) is 4. The first kappa shape index (κ1) is 14.2. The van der Waals surface area contributed by atoms with Gasteiger partial charge in [-0.25, -0.2) is 4.68 Å². The Hall–Kier alpha value is -2.73. The van der Waals surface area contributed by atoms with Crippen molar-refractivity contribution in [3.8, 4) is 16.9 Å². The van der Waals surface area contributed by atoms with E-state index in [4.69, 9.17) is 11.6 Å². The molecule has 1 heterocycles. The van der Waals surface area contributed by atoms with Gasteiger partial charge < -0.3 is 0 Å². The fourth-order valence-electron chi connectivity index (χ4n) is 2.27. The number of aromatic nitrogens is 3. The Bertz CT molecular complexity index is 860. The summed E-state index contributed by atoms with van der Waals surface area (Å²) in [5.74, 6) is 0. The van der Waals surface area contributed by atoms with Crippen LogP contribution in [0.15, 0.2) is 48.7 Å². The summed E-state index contributed by atoms with van der Waals surface area (Å²) in [6.07, 6.45) is 1.64. The maximum absolute atomic E-state index is 11.2. The normalized spacial score (nSPS) is 10.6. The van der Waals surface area contributed by atoms with Crippen molar-refractivity contribution >= 4 is 17.3 Å². The molecule has 110 valence electrons. The molecule has 0 aliphatic carbocycles. The van der Waals surface area contributed by atoms with Crippen LogP contribution in [-0.4, -0.2) is 19.9 Å². The summed E-state index contributed by atoms with van der Waals surface area (Å²) in [6, 6.07) is 12.1. The summed E-state index contributed by atoms with van der Waals surface area (Å²) in [7, 11) is 0. The zero-order valence-corrected chi connectivity index (χ0v) is 12.4. The highest BCUT2D eigenvalue weighted by atomic mass is 35.5. The molecule has 0 bridgehead atoms. The number of halogens is 1. The zero-order chi connectivity index (χ0) is 15.7. The summed E-state index contributed by atoms with van der Waals surface area (Å²) in [5.41, 5.74) is 2.33. The van der Waals surface area contributed by atoms with Crippen LogP contribution in [0.2, 0.25) is 5.02 Å². The molecule has 0 amide bonds. The van der Waals surface area contributed by atoms with Gasteiger partial charge in [0.1, 0.15) is 5.69 Å². The summed E-state index contributed by atoms with van der Waals surface area (Å²) < 4.78 is 1.51. The van der Waals surface area contributed by atoms with E-state index in [0.717, 1.165) is 5.56 Å². The van der Waals surface area contributed by atoms with Crippen LogP contribution in [0.25, 0.3) is 16.9 Å². The number of nitro groups is 1. The standard InChI is InChI=1S/C15H11ClN4O2/c1-10-5-4-8-14(20(21)22)15(10)12-9-19(18-17-12)13-7-3-2-6-11(13)16/h2-9H,1H3. The summed E-state index contributed by atoms with van der Waals surface area (Å²) in [6.45, 7) is 1.80. The van der Waals surface area contributed by atoms with Crippen molar-refractivity contribution in [2.45, 2.75) is 6.92 Å². The predicted octanol–water partition coefficient (Wildman–Crippen LogP) is 3.80. The van der Waals surface area contributed by atoms with Gasteiger partial charge in [0.2, 0.25) is 0 Å². The average Bonchev–Trinajstić information content (AvgIpc) is 2.96. The van der Waals surface area contributed by atoms with Crippen molar-refractivity contribution < 1.29 is 4.92 Å². The lowest BCUT2D eigenvalue weighted by molar-refractivity contribution is -0.384. The summed E-state index contributed by atoms with van der Waals surface area (Å²) in [5, 5.41) is 19.8. The molecule has 0 aliphatic rings. The number of para-hydroxylation sites is 1. The lowest BCUT2D eigenvalue weighted by Crippen LogP contribution is -1.95. The minimum Gasteiger partial charge on any atom is -0.258 e. The van der Waals surface area contributed by atoms with Crippen LogP contribution in [-0.2, 0) is 0 Å². The molecule has 3 rings (SSSR count). The van der Waals surface area contributed by atoms with E-state index in [1.54, 1.807) is 37.4 Å². The second-order valence-corrected chi connectivity index (χ2v) is 5.13. The summed E-state index contributed by atoms with van der Waals surface area (Å²) in [4.78, 5) is 10.8. The maximum atomic E-state index is 11.2. The SMILES string of the molecule is Cc1cccc([N+](=O)[O-])c1-c1cn(-c2ccccc2Cl)nn1. The predicted molar refractivity (Wildman–Crippen MR) is 83.2 cm³/mol. The van der Waals surface area contributed by atoms with Crippen LogP contribution in [0.1, 0.15) is 5.56 Å². The van der Waals surface area contributed by atoms with Crippen LogP contribution < -0.4 is 0 Å². The molecule has 1 aromatic heterocycles. The fraction of sp³-hybridized carbons (Fsp3) is 0.0667. The second kappa shape index (κ2) is 5.57. The smallest absolute Gasteiger partial charge is 0.258 e. The van der Waals surface area contributed by atoms with Gasteiger partial charge in [-0.1, -0.05) is 41.1 Å². The van der Waals surface area contributed by atoms with Crippen LogP contribution in [0.3, 0.4) is 0 Å². The Labute approximate surface area is 131 Å². The van der Waals surface area contributed by atoms with Gasteiger partial charge in [0.15, 0.2) is 0 Å². The van der Waals surface area contributed by atoms with Crippen molar-refractivity contribution in [1.82, 2.24) is 15.0 Å². The van der Waals surface area contributed by atoms with Crippen LogP contribution in [0, 0.1) is 17.0 Å². The molecular weight excluding hydrogens is 304 g/mol. The summed E-state index contributed by atoms with van der Waals surface area (Å²) >= 11 is 6.13. The van der Waals surface area contributed by atoms with E-state index in [9.17, 15) is 10.1 Å². The molecule has 7 heteroatoms. The number of rotatable bonds is 3. The molecule has 0 aliphatic heterocycles. The van der Waals surface area contributed by atoms with Crippen LogP contribution >= 0.6 is 11.6 Å². The number of nitrogens with zero attached hydrogens (tertiary/aromatic N) is 4. The minimum absolute atomic E-state index is 0.00575. The average molecular weight is 315 g/mol. The van der Waals surface area contributed by atoms with Crippen molar-refractivity contribution in [2.75, 3.05) is 0 Å². The van der Waals surface area contributed by atoms with Crippen LogP contribution in [0.5, 0.6) is 0 Å². The van der Waals surface area contributed by atoms with Crippen LogP contribution in [0.4, 0.5) is 5.69 Å². The van der Waals surface area contributed by atoms with E-state index in [1.165, 1.54) is 10.7 Å². The quantitative estimate of drug-likeness (QED) is 0.544. The molecular formula is C15H11ClN4O2. The van der Waals surface area contributed by atoms with Gasteiger partial charge in [0.25, 0.3) is 5.69 Å². The topological polar surface area (TPSA) is 73.8 Å². The van der Waals surface area contributed by atoms with E-state index < -0.39 is 4.92 Å². The molecule has 0 radical (unpaired) electrons. The third-order valence-electron chi connectivity index (χ3n) is 3.30. The van der Waals surface area contributed by atoms with Crippen molar-refractivity contribution in [3.05, 3.63) is 69.4 Å². The molecule has 2 aromatic carbocycles. The first-order valence-corrected chi connectivity index (χ1v) is 6.87. The molecule has 22 heavy (non-hydrogen) atoms. The highest BCUT2D eigenvalue weighted by Crippen LogP contribution is 2.32. The lowest BCUT2D eigenvalue weighted by Gasteiger charge is -2.03. The highest BCUT2D eigenvalue weighted by molar-refractivity contribution is 6.32. The minimum atomic E-state index is -0.420. The van der Waals surface area contributed by atoms with E-state index in [-0.39, 0.29) is 5.69 Å². The number of benzene rings is 2. The molecule has 0 unspecified atom stereocenters. The third-order valence-corrected chi connectivity index (χ3v) is 3.62. The van der Waals surface area contributed by atoms with Gasteiger partial charge >= 0.3 is 0 Å². The molecule has 0 atom stereocenters. The molecule has 0 spiro atoms. The molecule has 0 saturated carbocycles. The van der Waals surface area contributed by atoms with Crippen molar-refractivity contribution in [3.63, 3.8) is 0 Å². The lowest BCUT2D eigenvalue weighted by atomic mass is 10.0.